The Balaban J connectivity index is 2.00. The third-order valence-electron chi connectivity index (χ3n) is 4.87. The zero-order valence-electron chi connectivity index (χ0n) is 19.6. The van der Waals surface area contributed by atoms with Crippen LogP contribution in [0.15, 0.2) is 48.6 Å². The molecule has 0 aliphatic rings. The lowest BCUT2D eigenvalue weighted by atomic mass is 10.0. The van der Waals surface area contributed by atoms with Crippen LogP contribution in [-0.4, -0.2) is 52.2 Å². The van der Waals surface area contributed by atoms with Crippen molar-refractivity contribution in [1.29, 1.82) is 5.26 Å². The minimum atomic E-state index is -0.987. The Hall–Kier alpha value is -3.96. The van der Waals surface area contributed by atoms with Crippen LogP contribution >= 0.6 is 0 Å². The van der Waals surface area contributed by atoms with Crippen LogP contribution in [0.4, 0.5) is 0 Å². The molecule has 0 bridgehead atoms. The van der Waals surface area contributed by atoms with E-state index in [1.54, 1.807) is 57.7 Å². The summed E-state index contributed by atoms with van der Waals surface area (Å²) in [5.41, 5.74) is 2.09. The van der Waals surface area contributed by atoms with Crippen LogP contribution < -0.4 is 18.9 Å². The van der Waals surface area contributed by atoms with E-state index < -0.39 is 5.97 Å². The molecule has 0 saturated heterocycles. The topological polar surface area (TPSA) is 107 Å². The molecule has 2 aromatic carbocycles. The number of nitrogens with zero attached hydrogens (tertiary/aromatic N) is 1. The standard InChI is InChI=1S/C26H29NO7/c1-18(26(28)29)6-5-11-33-12-13-34-23-9-7-19(15-24(23)31-3)14-21(17-27)20-8-10-22(30-2)25(16-20)32-4/h7-10,14-16H,1,5-6,11-13H2,2-4H3,(H,28,29). The number of rotatable bonds is 14. The van der Waals surface area contributed by atoms with Crippen molar-refractivity contribution in [3.8, 4) is 29.1 Å². The largest absolute Gasteiger partial charge is 0.493 e. The van der Waals surface area contributed by atoms with E-state index in [2.05, 4.69) is 12.6 Å². The second-order valence-electron chi connectivity index (χ2n) is 7.12. The van der Waals surface area contributed by atoms with E-state index in [0.717, 1.165) is 5.56 Å². The van der Waals surface area contributed by atoms with Gasteiger partial charge in [0.05, 0.1) is 39.6 Å². The first kappa shape index (κ1) is 26.3. The second kappa shape index (κ2) is 13.6. The van der Waals surface area contributed by atoms with Gasteiger partial charge in [0.1, 0.15) is 6.61 Å². The lowest BCUT2D eigenvalue weighted by molar-refractivity contribution is -0.132. The van der Waals surface area contributed by atoms with Crippen molar-refractivity contribution >= 4 is 17.6 Å². The van der Waals surface area contributed by atoms with E-state index in [0.29, 0.717) is 66.8 Å². The van der Waals surface area contributed by atoms with Crippen LogP contribution in [0.5, 0.6) is 23.0 Å². The average molecular weight is 468 g/mol. The van der Waals surface area contributed by atoms with Gasteiger partial charge in [-0.2, -0.15) is 5.26 Å². The van der Waals surface area contributed by atoms with Gasteiger partial charge in [0.15, 0.2) is 23.0 Å². The van der Waals surface area contributed by atoms with Gasteiger partial charge in [0.2, 0.25) is 0 Å². The molecule has 2 aromatic rings. The summed E-state index contributed by atoms with van der Waals surface area (Å²) >= 11 is 0. The van der Waals surface area contributed by atoms with E-state index in [-0.39, 0.29) is 5.57 Å². The number of methoxy groups -OCH3 is 3. The fraction of sp³-hybridized carbons (Fsp3) is 0.308. The zero-order chi connectivity index (χ0) is 24.9. The first-order valence-corrected chi connectivity index (χ1v) is 10.6. The lowest BCUT2D eigenvalue weighted by Crippen LogP contribution is -2.09. The highest BCUT2D eigenvalue weighted by molar-refractivity contribution is 5.90. The minimum Gasteiger partial charge on any atom is -0.493 e. The molecule has 34 heavy (non-hydrogen) atoms. The van der Waals surface area contributed by atoms with Crippen molar-refractivity contribution in [1.82, 2.24) is 0 Å². The predicted octanol–water partition coefficient (Wildman–Crippen LogP) is 4.59. The van der Waals surface area contributed by atoms with Crippen molar-refractivity contribution in [2.75, 3.05) is 41.2 Å². The van der Waals surface area contributed by atoms with Gasteiger partial charge in [-0.15, -0.1) is 0 Å². The molecule has 0 unspecified atom stereocenters. The Morgan fingerprint density at radius 3 is 2.29 bits per heavy atom. The molecular weight excluding hydrogens is 438 g/mol. The fourth-order valence-corrected chi connectivity index (χ4v) is 3.05. The number of hydrogen-bond acceptors (Lipinski definition) is 7. The highest BCUT2D eigenvalue weighted by Gasteiger charge is 2.10. The molecule has 8 nitrogen and oxygen atoms in total. The molecule has 0 saturated carbocycles. The van der Waals surface area contributed by atoms with Crippen LogP contribution in [0.1, 0.15) is 24.0 Å². The smallest absolute Gasteiger partial charge is 0.330 e. The minimum absolute atomic E-state index is 0.171. The molecule has 0 spiro atoms. The quantitative estimate of drug-likeness (QED) is 0.186. The second-order valence-corrected chi connectivity index (χ2v) is 7.12. The van der Waals surface area contributed by atoms with Crippen LogP contribution in [0.2, 0.25) is 0 Å². The normalized spacial score (nSPS) is 10.8. The summed E-state index contributed by atoms with van der Waals surface area (Å²) in [6.45, 7) is 4.56. The molecule has 180 valence electrons. The SMILES string of the molecule is C=C(CCCOCCOc1ccc(C=C(C#N)c2ccc(OC)c(OC)c2)cc1OC)C(=O)O. The van der Waals surface area contributed by atoms with Gasteiger partial charge >= 0.3 is 5.97 Å². The molecule has 0 atom stereocenters. The number of allylic oxidation sites excluding steroid dienone is 1. The summed E-state index contributed by atoms with van der Waals surface area (Å²) in [6, 6.07) is 12.9. The molecule has 0 heterocycles. The molecule has 2 rings (SSSR count). The number of aliphatic carboxylic acids is 1. The van der Waals surface area contributed by atoms with Crippen molar-refractivity contribution in [3.05, 3.63) is 59.7 Å². The van der Waals surface area contributed by atoms with Crippen molar-refractivity contribution in [2.45, 2.75) is 12.8 Å². The van der Waals surface area contributed by atoms with E-state index in [1.807, 2.05) is 6.07 Å². The van der Waals surface area contributed by atoms with E-state index in [1.165, 1.54) is 0 Å². The molecule has 1 N–H and O–H groups in total. The summed E-state index contributed by atoms with van der Waals surface area (Å²) in [6.07, 6.45) is 2.71. The van der Waals surface area contributed by atoms with Crippen LogP contribution in [-0.2, 0) is 9.53 Å². The maximum Gasteiger partial charge on any atom is 0.330 e. The Morgan fingerprint density at radius 1 is 0.971 bits per heavy atom. The highest BCUT2D eigenvalue weighted by atomic mass is 16.5. The van der Waals surface area contributed by atoms with Crippen molar-refractivity contribution < 1.29 is 33.6 Å². The average Bonchev–Trinajstić information content (AvgIpc) is 2.86. The van der Waals surface area contributed by atoms with Crippen LogP contribution in [0.25, 0.3) is 11.6 Å². The molecule has 0 fully saturated rings. The summed E-state index contributed by atoms with van der Waals surface area (Å²) in [5, 5.41) is 18.5. The predicted molar refractivity (Wildman–Crippen MR) is 128 cm³/mol. The third kappa shape index (κ3) is 7.57. The van der Waals surface area contributed by atoms with E-state index in [9.17, 15) is 10.1 Å². The van der Waals surface area contributed by atoms with Gasteiger partial charge in [0.25, 0.3) is 0 Å². The highest BCUT2D eigenvalue weighted by Crippen LogP contribution is 2.33. The van der Waals surface area contributed by atoms with Gasteiger partial charge < -0.3 is 28.8 Å². The maximum atomic E-state index is 10.7. The summed E-state index contributed by atoms with van der Waals surface area (Å²) < 4.78 is 27.2. The molecule has 0 radical (unpaired) electrons. The first-order chi connectivity index (χ1) is 16.4. The number of carboxylic acids is 1. The van der Waals surface area contributed by atoms with Crippen LogP contribution in [0, 0.1) is 11.3 Å². The number of hydrogen-bond donors (Lipinski definition) is 1. The summed E-state index contributed by atoms with van der Waals surface area (Å²) in [4.78, 5) is 10.7. The molecular formula is C26H29NO7. The zero-order valence-corrected chi connectivity index (χ0v) is 19.6. The van der Waals surface area contributed by atoms with Gasteiger partial charge in [-0.05, 0) is 60.4 Å². The van der Waals surface area contributed by atoms with E-state index >= 15 is 0 Å². The molecule has 8 heteroatoms. The molecule has 0 amide bonds. The number of ether oxygens (including phenoxy) is 5. The van der Waals surface area contributed by atoms with Crippen LogP contribution in [0.3, 0.4) is 0 Å². The van der Waals surface area contributed by atoms with Crippen molar-refractivity contribution in [3.63, 3.8) is 0 Å². The molecule has 0 aliphatic heterocycles. The third-order valence-corrected chi connectivity index (χ3v) is 4.87. The van der Waals surface area contributed by atoms with Gasteiger partial charge in [-0.3, -0.25) is 0 Å². The monoisotopic (exact) mass is 467 g/mol. The van der Waals surface area contributed by atoms with Crippen molar-refractivity contribution in [2.24, 2.45) is 0 Å². The summed E-state index contributed by atoms with van der Waals surface area (Å²) in [5.74, 6) is 1.21. The first-order valence-electron chi connectivity index (χ1n) is 10.6. The fourth-order valence-electron chi connectivity index (χ4n) is 3.05. The lowest BCUT2D eigenvalue weighted by Gasteiger charge is -2.12. The number of benzene rings is 2. The Bertz CT molecular complexity index is 1070. The van der Waals surface area contributed by atoms with E-state index in [4.69, 9.17) is 28.8 Å². The number of carbonyl (C=O) groups is 1. The number of nitriles is 1. The Labute approximate surface area is 199 Å². The molecule has 0 aromatic heterocycles. The Kier molecular flexibility index (Phi) is 10.5. The molecule has 0 aliphatic carbocycles. The number of carboxylic acid groups (broad SMARTS) is 1. The van der Waals surface area contributed by atoms with Gasteiger partial charge in [-0.1, -0.05) is 12.6 Å². The Morgan fingerprint density at radius 2 is 1.65 bits per heavy atom. The van der Waals surface area contributed by atoms with Gasteiger partial charge in [-0.25, -0.2) is 4.79 Å². The summed E-state index contributed by atoms with van der Waals surface area (Å²) in [7, 11) is 4.64. The maximum absolute atomic E-state index is 10.7. The van der Waals surface area contributed by atoms with Gasteiger partial charge in [0, 0.05) is 12.2 Å².